The molecule has 3 rings (SSSR count). The third kappa shape index (κ3) is 2.94. The Hall–Kier alpha value is -1.64. The molecular weight excluding hydrogens is 270 g/mol. The maximum absolute atomic E-state index is 6.31. The molecule has 22 heavy (non-hydrogen) atoms. The predicted molar refractivity (Wildman–Crippen MR) is 90.7 cm³/mol. The molecule has 2 aromatic rings. The summed E-state index contributed by atoms with van der Waals surface area (Å²) in [7, 11) is 0. The standard InChI is InChI=1S/C20H25NO/c1-16-9-7-8-12-19(16)20(3)13-14-21(15-22-20)17(2)18-10-5-4-6-11-18/h4-12,17H,13-15H2,1-3H3. The van der Waals surface area contributed by atoms with E-state index < -0.39 is 0 Å². The van der Waals surface area contributed by atoms with Crippen molar-refractivity contribution in [2.75, 3.05) is 13.3 Å². The Morgan fingerprint density at radius 3 is 2.36 bits per heavy atom. The van der Waals surface area contributed by atoms with Gasteiger partial charge in [0.05, 0.1) is 5.60 Å². The zero-order valence-electron chi connectivity index (χ0n) is 13.8. The summed E-state index contributed by atoms with van der Waals surface area (Å²) < 4.78 is 6.31. The van der Waals surface area contributed by atoms with E-state index in [1.807, 2.05) is 0 Å². The molecule has 0 amide bonds. The van der Waals surface area contributed by atoms with Gasteiger partial charge in [-0.3, -0.25) is 4.90 Å². The molecule has 0 spiro atoms. The summed E-state index contributed by atoms with van der Waals surface area (Å²) in [6.07, 6.45) is 1.02. The molecule has 0 N–H and O–H groups in total. The Balaban J connectivity index is 1.71. The number of nitrogens with zero attached hydrogens (tertiary/aromatic N) is 1. The summed E-state index contributed by atoms with van der Waals surface area (Å²) in [6.45, 7) is 8.39. The van der Waals surface area contributed by atoms with Crippen molar-refractivity contribution >= 4 is 0 Å². The summed E-state index contributed by atoms with van der Waals surface area (Å²) in [5, 5.41) is 0. The van der Waals surface area contributed by atoms with Crippen LogP contribution in [-0.2, 0) is 10.3 Å². The maximum atomic E-state index is 6.31. The third-order valence-corrected chi connectivity index (χ3v) is 4.97. The van der Waals surface area contributed by atoms with Crippen LogP contribution in [0.25, 0.3) is 0 Å². The van der Waals surface area contributed by atoms with Gasteiger partial charge in [-0.15, -0.1) is 0 Å². The normalized spacial score (nSPS) is 24.1. The van der Waals surface area contributed by atoms with Gasteiger partial charge < -0.3 is 4.74 Å². The topological polar surface area (TPSA) is 12.5 Å². The number of benzene rings is 2. The average molecular weight is 295 g/mol. The number of hydrogen-bond donors (Lipinski definition) is 0. The van der Waals surface area contributed by atoms with E-state index in [9.17, 15) is 0 Å². The van der Waals surface area contributed by atoms with E-state index >= 15 is 0 Å². The van der Waals surface area contributed by atoms with E-state index in [0.717, 1.165) is 13.0 Å². The van der Waals surface area contributed by atoms with Crippen molar-refractivity contribution in [3.05, 3.63) is 71.3 Å². The van der Waals surface area contributed by atoms with Crippen LogP contribution in [-0.4, -0.2) is 18.2 Å². The molecule has 1 fully saturated rings. The molecule has 1 saturated heterocycles. The highest BCUT2D eigenvalue weighted by Gasteiger charge is 2.35. The lowest BCUT2D eigenvalue weighted by molar-refractivity contribution is -0.144. The van der Waals surface area contributed by atoms with Gasteiger partial charge in [0.15, 0.2) is 0 Å². The quantitative estimate of drug-likeness (QED) is 0.817. The Bertz CT molecular complexity index is 615. The number of aryl methyl sites for hydroxylation is 1. The number of rotatable bonds is 3. The molecule has 0 saturated carbocycles. The Kier molecular flexibility index (Phi) is 4.32. The zero-order valence-corrected chi connectivity index (χ0v) is 13.8. The minimum Gasteiger partial charge on any atom is -0.355 e. The smallest absolute Gasteiger partial charge is 0.101 e. The summed E-state index contributed by atoms with van der Waals surface area (Å²) in [5.74, 6) is 0. The molecule has 2 atom stereocenters. The largest absolute Gasteiger partial charge is 0.355 e. The van der Waals surface area contributed by atoms with Crippen LogP contribution in [0.15, 0.2) is 54.6 Å². The monoisotopic (exact) mass is 295 g/mol. The summed E-state index contributed by atoms with van der Waals surface area (Å²) >= 11 is 0. The van der Waals surface area contributed by atoms with Crippen LogP contribution in [0.4, 0.5) is 0 Å². The number of ether oxygens (including phenoxy) is 1. The minimum atomic E-state index is -0.168. The maximum Gasteiger partial charge on any atom is 0.101 e. The van der Waals surface area contributed by atoms with E-state index in [2.05, 4.69) is 80.3 Å². The van der Waals surface area contributed by atoms with Crippen LogP contribution in [0.1, 0.15) is 43.0 Å². The van der Waals surface area contributed by atoms with Crippen molar-refractivity contribution in [3.63, 3.8) is 0 Å². The fraction of sp³-hybridized carbons (Fsp3) is 0.400. The third-order valence-electron chi connectivity index (χ3n) is 4.97. The van der Waals surface area contributed by atoms with Crippen molar-refractivity contribution in [2.45, 2.75) is 38.8 Å². The molecule has 0 radical (unpaired) electrons. The van der Waals surface area contributed by atoms with Gasteiger partial charge in [0.1, 0.15) is 6.73 Å². The highest BCUT2D eigenvalue weighted by Crippen LogP contribution is 2.36. The highest BCUT2D eigenvalue weighted by molar-refractivity contribution is 5.31. The Labute approximate surface area is 133 Å². The highest BCUT2D eigenvalue weighted by atomic mass is 16.5. The van der Waals surface area contributed by atoms with Crippen molar-refractivity contribution in [2.24, 2.45) is 0 Å². The summed E-state index contributed by atoms with van der Waals surface area (Å²) in [4.78, 5) is 2.41. The first kappa shape index (κ1) is 15.3. The van der Waals surface area contributed by atoms with E-state index in [-0.39, 0.29) is 5.60 Å². The Morgan fingerprint density at radius 2 is 1.73 bits per heavy atom. The fourth-order valence-electron chi connectivity index (χ4n) is 3.35. The van der Waals surface area contributed by atoms with Crippen LogP contribution in [0.5, 0.6) is 0 Å². The zero-order chi connectivity index (χ0) is 15.6. The molecule has 0 aliphatic carbocycles. The molecule has 2 nitrogen and oxygen atoms in total. The first-order chi connectivity index (χ1) is 10.6. The van der Waals surface area contributed by atoms with Gasteiger partial charge in [-0.05, 0) is 43.9 Å². The molecule has 2 unspecified atom stereocenters. The predicted octanol–water partition coefficient (Wildman–Crippen LogP) is 4.65. The van der Waals surface area contributed by atoms with Crippen molar-refractivity contribution < 1.29 is 4.74 Å². The molecule has 2 heteroatoms. The van der Waals surface area contributed by atoms with Gasteiger partial charge in [-0.25, -0.2) is 0 Å². The van der Waals surface area contributed by atoms with Crippen LogP contribution in [0.3, 0.4) is 0 Å². The van der Waals surface area contributed by atoms with E-state index in [0.29, 0.717) is 12.8 Å². The Morgan fingerprint density at radius 1 is 1.05 bits per heavy atom. The lowest BCUT2D eigenvalue weighted by atomic mass is 9.87. The molecule has 1 heterocycles. The van der Waals surface area contributed by atoms with Crippen LogP contribution >= 0.6 is 0 Å². The van der Waals surface area contributed by atoms with E-state index in [1.54, 1.807) is 0 Å². The lowest BCUT2D eigenvalue weighted by Gasteiger charge is -2.42. The van der Waals surface area contributed by atoms with Gasteiger partial charge in [0.2, 0.25) is 0 Å². The second-order valence-corrected chi connectivity index (χ2v) is 6.47. The summed E-state index contributed by atoms with van der Waals surface area (Å²) in [6, 6.07) is 19.6. The minimum absolute atomic E-state index is 0.168. The van der Waals surface area contributed by atoms with Crippen LogP contribution < -0.4 is 0 Å². The average Bonchev–Trinajstić information content (AvgIpc) is 2.56. The molecule has 0 aromatic heterocycles. The van der Waals surface area contributed by atoms with Crippen LogP contribution in [0.2, 0.25) is 0 Å². The van der Waals surface area contributed by atoms with Crippen molar-refractivity contribution in [1.29, 1.82) is 0 Å². The molecule has 0 bridgehead atoms. The van der Waals surface area contributed by atoms with Gasteiger partial charge in [0, 0.05) is 12.6 Å². The lowest BCUT2D eigenvalue weighted by Crippen LogP contribution is -2.44. The van der Waals surface area contributed by atoms with Crippen molar-refractivity contribution in [3.8, 4) is 0 Å². The summed E-state index contributed by atoms with van der Waals surface area (Å²) in [5.41, 5.74) is 3.82. The second-order valence-electron chi connectivity index (χ2n) is 6.47. The van der Waals surface area contributed by atoms with E-state index in [4.69, 9.17) is 4.74 Å². The fourth-order valence-corrected chi connectivity index (χ4v) is 3.35. The molecule has 2 aromatic carbocycles. The van der Waals surface area contributed by atoms with Gasteiger partial charge in [-0.1, -0.05) is 54.6 Å². The second kappa shape index (κ2) is 6.23. The molecule has 1 aliphatic heterocycles. The molecule has 116 valence electrons. The first-order valence-electron chi connectivity index (χ1n) is 8.09. The van der Waals surface area contributed by atoms with E-state index in [1.165, 1.54) is 16.7 Å². The molecular formula is C20H25NO. The molecule has 1 aliphatic rings. The van der Waals surface area contributed by atoms with Gasteiger partial charge in [-0.2, -0.15) is 0 Å². The first-order valence-corrected chi connectivity index (χ1v) is 8.09. The van der Waals surface area contributed by atoms with Gasteiger partial charge >= 0.3 is 0 Å². The van der Waals surface area contributed by atoms with Gasteiger partial charge in [0.25, 0.3) is 0 Å². The van der Waals surface area contributed by atoms with Crippen LogP contribution in [0, 0.1) is 6.92 Å². The van der Waals surface area contributed by atoms with Crippen molar-refractivity contribution in [1.82, 2.24) is 4.90 Å². The number of hydrogen-bond acceptors (Lipinski definition) is 2. The SMILES string of the molecule is Cc1ccccc1C1(C)CCN(C(C)c2ccccc2)CO1.